The third kappa shape index (κ3) is 2.88. The molecule has 0 saturated carbocycles. The Labute approximate surface area is 139 Å². The van der Waals surface area contributed by atoms with E-state index < -0.39 is 5.82 Å². The minimum atomic E-state index is -0.455. The van der Waals surface area contributed by atoms with Gasteiger partial charge < -0.3 is 16.0 Å². The van der Waals surface area contributed by atoms with Crippen molar-refractivity contribution in [1.29, 1.82) is 0 Å². The predicted molar refractivity (Wildman–Crippen MR) is 94.5 cm³/mol. The van der Waals surface area contributed by atoms with E-state index >= 15 is 0 Å². The Balaban J connectivity index is 2.11. The topological polar surface area (TPSA) is 71.2 Å². The smallest absolute Gasteiger partial charge is 0.253 e. The SMILES string of the molecule is CN(C)CCNC(=O)c1cccc2c(N)c3cccc(F)c3nc12. The minimum absolute atomic E-state index is 0.177. The average molecular weight is 326 g/mol. The maximum atomic E-state index is 14.1. The molecule has 1 heterocycles. The number of nitrogen functional groups attached to an aromatic ring is 1. The van der Waals surface area contributed by atoms with Crippen LogP contribution < -0.4 is 11.1 Å². The first kappa shape index (κ1) is 16.1. The summed E-state index contributed by atoms with van der Waals surface area (Å²) in [7, 11) is 3.86. The number of carbonyl (C=O) groups is 1. The minimum Gasteiger partial charge on any atom is -0.398 e. The molecule has 5 nitrogen and oxygen atoms in total. The van der Waals surface area contributed by atoms with Gasteiger partial charge in [-0.15, -0.1) is 0 Å². The Morgan fingerprint density at radius 2 is 1.83 bits per heavy atom. The van der Waals surface area contributed by atoms with Gasteiger partial charge in [-0.05, 0) is 26.2 Å². The van der Waals surface area contributed by atoms with E-state index in [0.29, 0.717) is 34.1 Å². The van der Waals surface area contributed by atoms with Gasteiger partial charge in [-0.1, -0.05) is 24.3 Å². The Morgan fingerprint density at radius 1 is 1.17 bits per heavy atom. The van der Waals surface area contributed by atoms with E-state index in [2.05, 4.69) is 10.3 Å². The molecule has 3 aromatic rings. The monoisotopic (exact) mass is 326 g/mol. The molecular weight excluding hydrogens is 307 g/mol. The highest BCUT2D eigenvalue weighted by atomic mass is 19.1. The highest BCUT2D eigenvalue weighted by Crippen LogP contribution is 2.30. The molecule has 1 aromatic heterocycles. The third-order valence-electron chi connectivity index (χ3n) is 3.92. The van der Waals surface area contributed by atoms with Crippen LogP contribution in [0.1, 0.15) is 10.4 Å². The van der Waals surface area contributed by atoms with E-state index in [-0.39, 0.29) is 11.4 Å². The molecule has 6 heteroatoms. The lowest BCUT2D eigenvalue weighted by Gasteiger charge is -2.13. The predicted octanol–water partition coefficient (Wildman–Crippen LogP) is 2.40. The summed E-state index contributed by atoms with van der Waals surface area (Å²) in [4.78, 5) is 18.8. The molecule has 0 aliphatic carbocycles. The number of carbonyl (C=O) groups excluding carboxylic acids is 1. The first-order valence-corrected chi connectivity index (χ1v) is 7.68. The van der Waals surface area contributed by atoms with Crippen LogP contribution in [-0.4, -0.2) is 43.0 Å². The van der Waals surface area contributed by atoms with Crippen molar-refractivity contribution in [1.82, 2.24) is 15.2 Å². The molecule has 0 aliphatic heterocycles. The van der Waals surface area contributed by atoms with Crippen molar-refractivity contribution in [2.45, 2.75) is 0 Å². The zero-order valence-corrected chi connectivity index (χ0v) is 13.6. The first-order chi connectivity index (χ1) is 11.5. The molecule has 0 saturated heterocycles. The van der Waals surface area contributed by atoms with Gasteiger partial charge in [0, 0.05) is 23.9 Å². The maximum absolute atomic E-state index is 14.1. The molecule has 0 unspecified atom stereocenters. The van der Waals surface area contributed by atoms with E-state index in [4.69, 9.17) is 5.73 Å². The number of hydrogen-bond donors (Lipinski definition) is 2. The normalized spacial score (nSPS) is 11.3. The Hall–Kier alpha value is -2.73. The summed E-state index contributed by atoms with van der Waals surface area (Å²) in [6.07, 6.45) is 0. The average Bonchev–Trinajstić information content (AvgIpc) is 2.55. The van der Waals surface area contributed by atoms with E-state index in [1.165, 1.54) is 6.07 Å². The van der Waals surface area contributed by atoms with Gasteiger partial charge in [0.05, 0.1) is 16.8 Å². The van der Waals surface area contributed by atoms with Gasteiger partial charge in [-0.3, -0.25) is 4.79 Å². The zero-order chi connectivity index (χ0) is 17.3. The van der Waals surface area contributed by atoms with Gasteiger partial charge in [-0.25, -0.2) is 9.37 Å². The number of fused-ring (bicyclic) bond motifs is 2. The number of benzene rings is 2. The number of pyridine rings is 1. The van der Waals surface area contributed by atoms with Gasteiger partial charge in [0.1, 0.15) is 11.3 Å². The van der Waals surface area contributed by atoms with Crippen molar-refractivity contribution >= 4 is 33.4 Å². The van der Waals surface area contributed by atoms with Crippen LogP contribution >= 0.6 is 0 Å². The van der Waals surface area contributed by atoms with E-state index in [1.807, 2.05) is 19.0 Å². The summed E-state index contributed by atoms with van der Waals surface area (Å²) < 4.78 is 14.1. The van der Waals surface area contributed by atoms with Gasteiger partial charge in [0.2, 0.25) is 0 Å². The van der Waals surface area contributed by atoms with Gasteiger partial charge in [-0.2, -0.15) is 0 Å². The third-order valence-corrected chi connectivity index (χ3v) is 3.92. The fourth-order valence-corrected chi connectivity index (χ4v) is 2.66. The van der Waals surface area contributed by atoms with Crippen molar-refractivity contribution < 1.29 is 9.18 Å². The molecule has 0 fully saturated rings. The van der Waals surface area contributed by atoms with Crippen LogP contribution in [-0.2, 0) is 0 Å². The summed E-state index contributed by atoms with van der Waals surface area (Å²) in [6.45, 7) is 1.24. The molecule has 0 aliphatic rings. The van der Waals surface area contributed by atoms with Crippen LogP contribution in [0.2, 0.25) is 0 Å². The molecular formula is C18H19FN4O. The Kier molecular flexibility index (Phi) is 4.31. The molecule has 0 spiro atoms. The lowest BCUT2D eigenvalue weighted by molar-refractivity contribution is 0.0952. The molecule has 24 heavy (non-hydrogen) atoms. The Bertz CT molecular complexity index is 924. The van der Waals surface area contributed by atoms with Crippen LogP contribution in [0.5, 0.6) is 0 Å². The highest BCUT2D eigenvalue weighted by molar-refractivity contribution is 6.13. The number of halogens is 1. The molecule has 1 amide bonds. The Morgan fingerprint density at radius 3 is 2.54 bits per heavy atom. The van der Waals surface area contributed by atoms with E-state index in [9.17, 15) is 9.18 Å². The molecule has 3 N–H and O–H groups in total. The fourth-order valence-electron chi connectivity index (χ4n) is 2.66. The number of rotatable bonds is 4. The van der Waals surface area contributed by atoms with Crippen molar-refractivity contribution in [2.24, 2.45) is 0 Å². The number of nitrogens with one attached hydrogen (secondary N) is 1. The number of anilines is 1. The van der Waals surface area contributed by atoms with Gasteiger partial charge in [0.15, 0.2) is 0 Å². The number of aromatic nitrogens is 1. The molecule has 0 radical (unpaired) electrons. The van der Waals surface area contributed by atoms with Crippen LogP contribution in [0.25, 0.3) is 21.8 Å². The second-order valence-corrected chi connectivity index (χ2v) is 5.92. The quantitative estimate of drug-likeness (QED) is 0.722. The number of para-hydroxylation sites is 2. The largest absolute Gasteiger partial charge is 0.398 e. The zero-order valence-electron chi connectivity index (χ0n) is 13.6. The number of hydrogen-bond acceptors (Lipinski definition) is 4. The van der Waals surface area contributed by atoms with Crippen LogP contribution in [0.15, 0.2) is 36.4 Å². The van der Waals surface area contributed by atoms with E-state index in [0.717, 1.165) is 6.54 Å². The van der Waals surface area contributed by atoms with Crippen molar-refractivity contribution in [2.75, 3.05) is 32.9 Å². The van der Waals surface area contributed by atoms with Crippen molar-refractivity contribution in [3.8, 4) is 0 Å². The van der Waals surface area contributed by atoms with E-state index in [1.54, 1.807) is 30.3 Å². The van der Waals surface area contributed by atoms with Crippen molar-refractivity contribution in [3.63, 3.8) is 0 Å². The maximum Gasteiger partial charge on any atom is 0.253 e. The lowest BCUT2D eigenvalue weighted by atomic mass is 10.0. The lowest BCUT2D eigenvalue weighted by Crippen LogP contribution is -2.31. The number of nitrogens with two attached hydrogens (primary N) is 1. The molecule has 2 aromatic carbocycles. The standard InChI is InChI=1S/C18H19FN4O/c1-23(2)10-9-21-18(24)13-7-3-5-11-15(20)12-6-4-8-14(19)17(12)22-16(11)13/h3-8H,9-10H2,1-2H3,(H2,20,22)(H,21,24). The summed E-state index contributed by atoms with van der Waals surface area (Å²) in [6, 6.07) is 9.88. The number of likely N-dealkylation sites (N-methyl/N-ethyl adjacent to an activating group) is 1. The van der Waals surface area contributed by atoms with Crippen LogP contribution in [0.4, 0.5) is 10.1 Å². The van der Waals surface area contributed by atoms with Gasteiger partial charge >= 0.3 is 0 Å². The van der Waals surface area contributed by atoms with Crippen LogP contribution in [0, 0.1) is 5.82 Å². The molecule has 0 bridgehead atoms. The molecule has 0 atom stereocenters. The first-order valence-electron chi connectivity index (χ1n) is 7.68. The summed E-state index contributed by atoms with van der Waals surface area (Å²) in [5, 5.41) is 4.04. The van der Waals surface area contributed by atoms with Gasteiger partial charge in [0.25, 0.3) is 5.91 Å². The molecule has 124 valence electrons. The fraction of sp³-hybridized carbons (Fsp3) is 0.222. The second-order valence-electron chi connectivity index (χ2n) is 5.92. The molecule has 3 rings (SSSR count). The highest BCUT2D eigenvalue weighted by Gasteiger charge is 2.15. The van der Waals surface area contributed by atoms with Crippen LogP contribution in [0.3, 0.4) is 0 Å². The summed E-state index contributed by atoms with van der Waals surface area (Å²) in [5.41, 5.74) is 7.60. The number of amides is 1. The number of nitrogens with zero attached hydrogens (tertiary/aromatic N) is 2. The second kappa shape index (κ2) is 6.41. The summed E-state index contributed by atoms with van der Waals surface area (Å²) in [5.74, 6) is -0.700. The summed E-state index contributed by atoms with van der Waals surface area (Å²) >= 11 is 0. The van der Waals surface area contributed by atoms with Crippen molar-refractivity contribution in [3.05, 3.63) is 47.8 Å².